The Hall–Kier alpha value is -2.57. The summed E-state index contributed by atoms with van der Waals surface area (Å²) >= 11 is 0. The maximum atomic E-state index is 11.8. The number of amides is 2. The lowest BCUT2D eigenvalue weighted by molar-refractivity contribution is -0.143. The first kappa shape index (κ1) is 18.5. The van der Waals surface area contributed by atoms with Crippen molar-refractivity contribution < 1.29 is 24.2 Å². The number of nitrogens with one attached hydrogen (secondary N) is 1. The predicted molar refractivity (Wildman–Crippen MR) is 84.1 cm³/mol. The SMILES string of the molecule is CC[C@H](C)[C@H](NC(=O)CCOc1ccc(C(N)=O)cc1)C(=O)O. The van der Waals surface area contributed by atoms with E-state index >= 15 is 0 Å². The zero-order chi connectivity index (χ0) is 17.4. The van der Waals surface area contributed by atoms with Crippen LogP contribution in [0.5, 0.6) is 5.75 Å². The average molecular weight is 322 g/mol. The molecule has 0 bridgehead atoms. The summed E-state index contributed by atoms with van der Waals surface area (Å²) in [7, 11) is 0. The molecule has 2 amide bonds. The van der Waals surface area contributed by atoms with Crippen molar-refractivity contribution in [2.45, 2.75) is 32.7 Å². The van der Waals surface area contributed by atoms with Crippen LogP contribution >= 0.6 is 0 Å². The minimum atomic E-state index is -1.05. The van der Waals surface area contributed by atoms with Gasteiger partial charge in [0.1, 0.15) is 11.8 Å². The number of carbonyl (C=O) groups excluding carboxylic acids is 2. The first-order valence-corrected chi connectivity index (χ1v) is 7.40. The van der Waals surface area contributed by atoms with E-state index in [2.05, 4.69) is 5.32 Å². The van der Waals surface area contributed by atoms with Crippen LogP contribution in [0, 0.1) is 5.92 Å². The van der Waals surface area contributed by atoms with Crippen molar-refractivity contribution in [3.05, 3.63) is 29.8 Å². The lowest BCUT2D eigenvalue weighted by Gasteiger charge is -2.20. The van der Waals surface area contributed by atoms with Crippen LogP contribution in [0.15, 0.2) is 24.3 Å². The molecule has 7 nitrogen and oxygen atoms in total. The topological polar surface area (TPSA) is 119 Å². The summed E-state index contributed by atoms with van der Waals surface area (Å²) in [6.07, 6.45) is 0.692. The molecule has 1 aromatic rings. The third kappa shape index (κ3) is 5.98. The minimum absolute atomic E-state index is 0.0395. The van der Waals surface area contributed by atoms with E-state index in [1.165, 1.54) is 12.1 Å². The highest BCUT2D eigenvalue weighted by Gasteiger charge is 2.24. The smallest absolute Gasteiger partial charge is 0.326 e. The van der Waals surface area contributed by atoms with Gasteiger partial charge in [-0.2, -0.15) is 0 Å². The van der Waals surface area contributed by atoms with Gasteiger partial charge >= 0.3 is 5.97 Å². The number of primary amides is 1. The molecule has 0 heterocycles. The van der Waals surface area contributed by atoms with Gasteiger partial charge in [0.25, 0.3) is 0 Å². The molecule has 0 radical (unpaired) electrons. The lowest BCUT2D eigenvalue weighted by Crippen LogP contribution is -2.45. The molecule has 0 aliphatic rings. The van der Waals surface area contributed by atoms with Crippen molar-refractivity contribution in [1.82, 2.24) is 5.32 Å². The summed E-state index contributed by atoms with van der Waals surface area (Å²) in [6.45, 7) is 3.75. The minimum Gasteiger partial charge on any atom is -0.493 e. The number of aliphatic carboxylic acids is 1. The Labute approximate surface area is 134 Å². The van der Waals surface area contributed by atoms with E-state index in [9.17, 15) is 14.4 Å². The molecular formula is C16H22N2O5. The zero-order valence-electron chi connectivity index (χ0n) is 13.2. The number of hydrogen-bond acceptors (Lipinski definition) is 4. The summed E-state index contributed by atoms with van der Waals surface area (Å²) in [5, 5.41) is 11.6. The van der Waals surface area contributed by atoms with E-state index < -0.39 is 17.9 Å². The third-order valence-electron chi connectivity index (χ3n) is 3.53. The molecule has 2 atom stereocenters. The van der Waals surface area contributed by atoms with Gasteiger partial charge in [0.05, 0.1) is 13.0 Å². The standard InChI is InChI=1S/C16H22N2O5/c1-3-10(2)14(16(21)22)18-13(19)8-9-23-12-6-4-11(5-7-12)15(17)20/h4-7,10,14H,3,8-9H2,1-2H3,(H2,17,20)(H,18,19)(H,21,22)/t10-,14-/m0/s1. The number of rotatable bonds is 9. The molecule has 0 spiro atoms. The molecule has 7 heteroatoms. The molecule has 1 rings (SSSR count). The molecule has 0 aromatic heterocycles. The summed E-state index contributed by atoms with van der Waals surface area (Å²) in [5.41, 5.74) is 5.50. The van der Waals surface area contributed by atoms with E-state index in [1.54, 1.807) is 19.1 Å². The second kappa shape index (κ2) is 8.77. The number of carbonyl (C=O) groups is 3. The van der Waals surface area contributed by atoms with Gasteiger partial charge in [-0.25, -0.2) is 4.79 Å². The highest BCUT2D eigenvalue weighted by molar-refractivity contribution is 5.92. The van der Waals surface area contributed by atoms with Gasteiger partial charge in [-0.1, -0.05) is 20.3 Å². The van der Waals surface area contributed by atoms with E-state index in [0.717, 1.165) is 0 Å². The number of benzene rings is 1. The van der Waals surface area contributed by atoms with Crippen LogP contribution in [0.1, 0.15) is 37.0 Å². The predicted octanol–water partition coefficient (Wildman–Crippen LogP) is 1.17. The molecule has 0 saturated carbocycles. The quantitative estimate of drug-likeness (QED) is 0.630. The second-order valence-electron chi connectivity index (χ2n) is 5.26. The monoisotopic (exact) mass is 322 g/mol. The largest absolute Gasteiger partial charge is 0.493 e. The van der Waals surface area contributed by atoms with Gasteiger partial charge in [0, 0.05) is 5.56 Å². The molecule has 0 fully saturated rings. The van der Waals surface area contributed by atoms with Crippen LogP contribution in [0.4, 0.5) is 0 Å². The number of carboxylic acids is 1. The van der Waals surface area contributed by atoms with Gasteiger partial charge in [-0.05, 0) is 30.2 Å². The summed E-state index contributed by atoms with van der Waals surface area (Å²) in [5.74, 6) is -1.61. The Kier molecular flexibility index (Phi) is 7.05. The lowest BCUT2D eigenvalue weighted by atomic mass is 9.99. The Morgan fingerprint density at radius 2 is 1.87 bits per heavy atom. The molecule has 126 valence electrons. The highest BCUT2D eigenvalue weighted by atomic mass is 16.5. The van der Waals surface area contributed by atoms with Crippen molar-refractivity contribution in [2.24, 2.45) is 11.7 Å². The molecule has 0 saturated heterocycles. The van der Waals surface area contributed by atoms with Crippen LogP contribution < -0.4 is 15.8 Å². The Bertz CT molecular complexity index is 556. The van der Waals surface area contributed by atoms with Gasteiger partial charge in [0.15, 0.2) is 0 Å². The first-order valence-electron chi connectivity index (χ1n) is 7.40. The maximum absolute atomic E-state index is 11.8. The van der Waals surface area contributed by atoms with Crippen molar-refractivity contribution in [2.75, 3.05) is 6.61 Å². The number of ether oxygens (including phenoxy) is 1. The van der Waals surface area contributed by atoms with Gasteiger partial charge in [-0.3, -0.25) is 9.59 Å². The van der Waals surface area contributed by atoms with Crippen molar-refractivity contribution in [3.8, 4) is 5.75 Å². The fourth-order valence-corrected chi connectivity index (χ4v) is 1.91. The summed E-state index contributed by atoms with van der Waals surface area (Å²) < 4.78 is 5.38. The molecular weight excluding hydrogens is 300 g/mol. The average Bonchev–Trinajstić information content (AvgIpc) is 2.52. The van der Waals surface area contributed by atoms with Crippen molar-refractivity contribution in [1.29, 1.82) is 0 Å². The van der Waals surface area contributed by atoms with Crippen LogP contribution in [0.3, 0.4) is 0 Å². The second-order valence-corrected chi connectivity index (χ2v) is 5.26. The van der Waals surface area contributed by atoms with Crippen LogP contribution in [0.25, 0.3) is 0 Å². The van der Waals surface area contributed by atoms with Crippen LogP contribution in [-0.2, 0) is 9.59 Å². The van der Waals surface area contributed by atoms with Gasteiger partial charge < -0.3 is 20.9 Å². The van der Waals surface area contributed by atoms with Crippen molar-refractivity contribution >= 4 is 17.8 Å². The number of carboxylic acid groups (broad SMARTS) is 1. The fourth-order valence-electron chi connectivity index (χ4n) is 1.91. The first-order chi connectivity index (χ1) is 10.8. The molecule has 23 heavy (non-hydrogen) atoms. The van der Waals surface area contributed by atoms with E-state index in [1.807, 2.05) is 6.92 Å². The molecule has 0 aliphatic carbocycles. The summed E-state index contributed by atoms with van der Waals surface area (Å²) in [6, 6.07) is 5.32. The Morgan fingerprint density at radius 1 is 1.26 bits per heavy atom. The maximum Gasteiger partial charge on any atom is 0.326 e. The molecule has 4 N–H and O–H groups in total. The number of hydrogen-bond donors (Lipinski definition) is 3. The fraction of sp³-hybridized carbons (Fsp3) is 0.438. The summed E-state index contributed by atoms with van der Waals surface area (Å²) in [4.78, 5) is 33.9. The van der Waals surface area contributed by atoms with Crippen LogP contribution in [-0.4, -0.2) is 35.5 Å². The van der Waals surface area contributed by atoms with E-state index in [4.69, 9.17) is 15.6 Å². The number of nitrogens with two attached hydrogens (primary N) is 1. The normalized spacial score (nSPS) is 13.0. The van der Waals surface area contributed by atoms with E-state index in [-0.39, 0.29) is 24.9 Å². The molecule has 0 aliphatic heterocycles. The molecule has 0 unspecified atom stereocenters. The third-order valence-corrected chi connectivity index (χ3v) is 3.53. The zero-order valence-corrected chi connectivity index (χ0v) is 13.2. The highest BCUT2D eigenvalue weighted by Crippen LogP contribution is 2.12. The Balaban J connectivity index is 2.44. The van der Waals surface area contributed by atoms with E-state index in [0.29, 0.717) is 17.7 Å². The van der Waals surface area contributed by atoms with Crippen LogP contribution in [0.2, 0.25) is 0 Å². The van der Waals surface area contributed by atoms with Gasteiger partial charge in [-0.15, -0.1) is 0 Å². The molecule has 1 aromatic carbocycles. The van der Waals surface area contributed by atoms with Gasteiger partial charge in [0.2, 0.25) is 11.8 Å². The van der Waals surface area contributed by atoms with Crippen molar-refractivity contribution in [3.63, 3.8) is 0 Å². The Morgan fingerprint density at radius 3 is 2.35 bits per heavy atom.